The fourth-order valence-electron chi connectivity index (χ4n) is 1.74. The molecule has 0 saturated heterocycles. The van der Waals surface area contributed by atoms with Crippen molar-refractivity contribution < 1.29 is 18.7 Å². The molecule has 19 heavy (non-hydrogen) atoms. The molecule has 0 unspecified atom stereocenters. The molecule has 0 aliphatic carbocycles. The number of carboxylic acid groups (broad SMARTS) is 1. The first-order chi connectivity index (χ1) is 8.97. The van der Waals surface area contributed by atoms with E-state index in [0.29, 0.717) is 11.1 Å². The van der Waals surface area contributed by atoms with Crippen LogP contribution in [-0.2, 0) is 11.2 Å². The largest absolute Gasteiger partial charge is 0.481 e. The van der Waals surface area contributed by atoms with Gasteiger partial charge in [-0.3, -0.25) is 4.79 Å². The van der Waals surface area contributed by atoms with Gasteiger partial charge in [-0.15, -0.1) is 0 Å². The molecule has 0 aliphatic heterocycles. The zero-order valence-corrected chi connectivity index (χ0v) is 10.4. The Morgan fingerprint density at radius 1 is 1.16 bits per heavy atom. The van der Waals surface area contributed by atoms with Gasteiger partial charge in [0.25, 0.3) is 0 Å². The molecule has 0 aromatic heterocycles. The van der Waals surface area contributed by atoms with E-state index in [0.717, 1.165) is 12.1 Å². The quantitative estimate of drug-likeness (QED) is 0.926. The topological polar surface area (TPSA) is 37.3 Å². The average molecular weight is 283 g/mol. The monoisotopic (exact) mass is 282 g/mol. The van der Waals surface area contributed by atoms with Gasteiger partial charge < -0.3 is 5.11 Å². The van der Waals surface area contributed by atoms with E-state index >= 15 is 0 Å². The van der Waals surface area contributed by atoms with Crippen LogP contribution in [0.25, 0.3) is 11.1 Å². The Morgan fingerprint density at radius 2 is 1.89 bits per heavy atom. The van der Waals surface area contributed by atoms with Gasteiger partial charge in [-0.1, -0.05) is 23.7 Å². The summed E-state index contributed by atoms with van der Waals surface area (Å²) in [5.74, 6) is -2.35. The normalized spacial score (nSPS) is 10.5. The van der Waals surface area contributed by atoms with Crippen molar-refractivity contribution in [2.24, 2.45) is 0 Å². The highest BCUT2D eigenvalue weighted by Gasteiger charge is 2.10. The third-order valence-electron chi connectivity index (χ3n) is 2.64. The van der Waals surface area contributed by atoms with Crippen LogP contribution in [0.2, 0.25) is 5.02 Å². The summed E-state index contributed by atoms with van der Waals surface area (Å²) in [6.07, 6.45) is -0.203. The van der Waals surface area contributed by atoms with Crippen LogP contribution < -0.4 is 0 Å². The molecule has 2 aromatic carbocycles. The van der Waals surface area contributed by atoms with Crippen LogP contribution in [0.5, 0.6) is 0 Å². The van der Waals surface area contributed by atoms with Crippen LogP contribution in [0, 0.1) is 11.6 Å². The summed E-state index contributed by atoms with van der Waals surface area (Å²) in [6.45, 7) is 0. The summed E-state index contributed by atoms with van der Waals surface area (Å²) in [5.41, 5.74) is 1.13. The van der Waals surface area contributed by atoms with Gasteiger partial charge in [0.2, 0.25) is 0 Å². The Hall–Kier alpha value is -1.94. The van der Waals surface area contributed by atoms with Crippen LogP contribution in [0.1, 0.15) is 5.56 Å². The number of aliphatic carboxylic acids is 1. The highest BCUT2D eigenvalue weighted by molar-refractivity contribution is 6.31. The van der Waals surface area contributed by atoms with E-state index in [2.05, 4.69) is 0 Å². The number of benzene rings is 2. The maximum atomic E-state index is 13.6. The predicted molar refractivity (Wildman–Crippen MR) is 68.1 cm³/mol. The van der Waals surface area contributed by atoms with Gasteiger partial charge in [0, 0.05) is 16.7 Å². The van der Waals surface area contributed by atoms with Gasteiger partial charge in [0.05, 0.1) is 6.42 Å². The lowest BCUT2D eigenvalue weighted by atomic mass is 10.0. The van der Waals surface area contributed by atoms with E-state index in [4.69, 9.17) is 16.7 Å². The van der Waals surface area contributed by atoms with Gasteiger partial charge in [0.1, 0.15) is 11.6 Å². The van der Waals surface area contributed by atoms with Gasteiger partial charge in [-0.2, -0.15) is 0 Å². The fourth-order valence-corrected chi connectivity index (χ4v) is 1.99. The highest BCUT2D eigenvalue weighted by Crippen LogP contribution is 2.28. The molecule has 0 amide bonds. The van der Waals surface area contributed by atoms with E-state index in [1.54, 1.807) is 6.07 Å². The van der Waals surface area contributed by atoms with Crippen molar-refractivity contribution in [1.29, 1.82) is 0 Å². The van der Waals surface area contributed by atoms with Crippen molar-refractivity contribution in [1.82, 2.24) is 0 Å². The Morgan fingerprint density at radius 3 is 2.47 bits per heavy atom. The first-order valence-corrected chi connectivity index (χ1v) is 5.81. The molecule has 2 rings (SSSR count). The summed E-state index contributed by atoms with van der Waals surface area (Å²) in [6, 6.07) is 7.80. The van der Waals surface area contributed by atoms with Crippen molar-refractivity contribution in [2.45, 2.75) is 6.42 Å². The first kappa shape index (κ1) is 13.5. The van der Waals surface area contributed by atoms with E-state index in [1.807, 2.05) is 0 Å². The van der Waals surface area contributed by atoms with Crippen LogP contribution in [-0.4, -0.2) is 11.1 Å². The zero-order chi connectivity index (χ0) is 14.0. The first-order valence-electron chi connectivity index (χ1n) is 5.43. The van der Waals surface area contributed by atoms with E-state index in [9.17, 15) is 13.6 Å². The molecular formula is C14H9ClF2O2. The molecule has 0 atom stereocenters. The molecule has 0 saturated carbocycles. The lowest BCUT2D eigenvalue weighted by Crippen LogP contribution is -2.00. The van der Waals surface area contributed by atoms with E-state index < -0.39 is 17.6 Å². The minimum atomic E-state index is -0.998. The van der Waals surface area contributed by atoms with Crippen molar-refractivity contribution in [3.8, 4) is 11.1 Å². The SMILES string of the molecule is O=C(O)Cc1ccc(-c2ccc(F)cc2F)cc1Cl. The smallest absolute Gasteiger partial charge is 0.307 e. The second kappa shape index (κ2) is 5.36. The molecule has 0 heterocycles. The van der Waals surface area contributed by atoms with Crippen LogP contribution in [0.15, 0.2) is 36.4 Å². The summed E-state index contributed by atoms with van der Waals surface area (Å²) in [5, 5.41) is 8.93. The molecule has 0 spiro atoms. The molecule has 1 N–H and O–H groups in total. The molecule has 0 aliphatic rings. The minimum absolute atomic E-state index is 0.203. The summed E-state index contributed by atoms with van der Waals surface area (Å²) in [4.78, 5) is 10.6. The van der Waals surface area contributed by atoms with E-state index in [1.165, 1.54) is 18.2 Å². The second-order valence-electron chi connectivity index (χ2n) is 4.00. The molecule has 2 aromatic rings. The number of hydrogen-bond donors (Lipinski definition) is 1. The number of carbonyl (C=O) groups is 1. The Bertz CT molecular complexity index is 641. The highest BCUT2D eigenvalue weighted by atomic mass is 35.5. The van der Waals surface area contributed by atoms with Crippen molar-refractivity contribution in [3.05, 3.63) is 58.6 Å². The van der Waals surface area contributed by atoms with Crippen molar-refractivity contribution in [3.63, 3.8) is 0 Å². The molecule has 98 valence electrons. The zero-order valence-electron chi connectivity index (χ0n) is 9.66. The van der Waals surface area contributed by atoms with Gasteiger partial charge in [-0.05, 0) is 29.3 Å². The molecule has 5 heteroatoms. The van der Waals surface area contributed by atoms with Crippen LogP contribution in [0.4, 0.5) is 8.78 Å². The third kappa shape index (κ3) is 3.09. The number of halogens is 3. The maximum absolute atomic E-state index is 13.6. The van der Waals surface area contributed by atoms with E-state index in [-0.39, 0.29) is 17.0 Å². The predicted octanol–water partition coefficient (Wildman–Crippen LogP) is 3.91. The second-order valence-corrected chi connectivity index (χ2v) is 4.41. The minimum Gasteiger partial charge on any atom is -0.481 e. The molecule has 0 fully saturated rings. The summed E-state index contributed by atoms with van der Waals surface area (Å²) >= 11 is 5.95. The average Bonchev–Trinajstić information content (AvgIpc) is 2.31. The summed E-state index contributed by atoms with van der Waals surface area (Å²) < 4.78 is 26.4. The lowest BCUT2D eigenvalue weighted by molar-refractivity contribution is -0.136. The van der Waals surface area contributed by atoms with Crippen molar-refractivity contribution in [2.75, 3.05) is 0 Å². The maximum Gasteiger partial charge on any atom is 0.307 e. The molecule has 2 nitrogen and oxygen atoms in total. The fraction of sp³-hybridized carbons (Fsp3) is 0.0714. The Labute approximate surface area is 113 Å². The Balaban J connectivity index is 2.41. The number of hydrogen-bond acceptors (Lipinski definition) is 1. The standard InChI is InChI=1S/C14H9ClF2O2/c15-12-5-8(1-2-9(12)6-14(18)19)11-4-3-10(16)7-13(11)17/h1-5,7H,6H2,(H,18,19). The molecule has 0 radical (unpaired) electrons. The third-order valence-corrected chi connectivity index (χ3v) is 2.99. The van der Waals surface area contributed by atoms with Gasteiger partial charge in [-0.25, -0.2) is 8.78 Å². The number of carboxylic acids is 1. The summed E-state index contributed by atoms with van der Waals surface area (Å²) in [7, 11) is 0. The molecule has 0 bridgehead atoms. The van der Waals surface area contributed by atoms with Crippen LogP contribution >= 0.6 is 11.6 Å². The molecular weight excluding hydrogens is 274 g/mol. The van der Waals surface area contributed by atoms with Crippen molar-refractivity contribution >= 4 is 17.6 Å². The van der Waals surface area contributed by atoms with Crippen LogP contribution in [0.3, 0.4) is 0 Å². The Kier molecular flexibility index (Phi) is 3.81. The van der Waals surface area contributed by atoms with Gasteiger partial charge >= 0.3 is 5.97 Å². The number of rotatable bonds is 3. The lowest BCUT2D eigenvalue weighted by Gasteiger charge is -2.07. The van der Waals surface area contributed by atoms with Gasteiger partial charge in [0.15, 0.2) is 0 Å².